The van der Waals surface area contributed by atoms with Gasteiger partial charge in [-0.25, -0.2) is 9.48 Å². The molecule has 2 amide bonds. The van der Waals surface area contributed by atoms with Gasteiger partial charge in [-0.1, -0.05) is 29.8 Å². The van der Waals surface area contributed by atoms with Gasteiger partial charge in [-0.15, -0.1) is 0 Å². The molecule has 1 heterocycles. The molecule has 0 fully saturated rings. The van der Waals surface area contributed by atoms with Crippen molar-refractivity contribution >= 4 is 35.1 Å². The Kier molecular flexibility index (Phi) is 5.94. The Balaban J connectivity index is 1.64. The minimum absolute atomic E-state index is 0.0918. The Labute approximate surface area is 171 Å². The number of primary amides is 1. The number of nitrogens with two attached hydrogens (primary N) is 1. The minimum Gasteiger partial charge on any atom is -0.452 e. The SMILES string of the molecule is Cc1nn(-c2ccccc2)c(Cl)c1C(=O)OCC(=O)Nc1ccc(C(N)=O)cc1. The van der Waals surface area contributed by atoms with Crippen molar-refractivity contribution in [3.63, 3.8) is 0 Å². The van der Waals surface area contributed by atoms with Crippen LogP contribution in [-0.4, -0.2) is 34.2 Å². The van der Waals surface area contributed by atoms with Gasteiger partial charge in [-0.2, -0.15) is 5.10 Å². The van der Waals surface area contributed by atoms with Crippen molar-refractivity contribution in [1.82, 2.24) is 9.78 Å². The molecule has 3 N–H and O–H groups in total. The standard InChI is InChI=1S/C20H17ClN4O4/c1-12-17(18(21)25(24-12)15-5-3-2-4-6-15)20(28)29-11-16(26)23-14-9-7-13(8-10-14)19(22)27/h2-10H,11H2,1H3,(H2,22,27)(H,23,26). The molecule has 0 aliphatic carbocycles. The lowest BCUT2D eigenvalue weighted by Gasteiger charge is -2.07. The molecule has 148 valence electrons. The van der Waals surface area contributed by atoms with Crippen molar-refractivity contribution in [3.05, 3.63) is 76.6 Å². The second kappa shape index (κ2) is 8.57. The summed E-state index contributed by atoms with van der Waals surface area (Å²) in [6, 6.07) is 15.1. The van der Waals surface area contributed by atoms with Crippen molar-refractivity contribution in [2.75, 3.05) is 11.9 Å². The number of benzene rings is 2. The number of carbonyl (C=O) groups is 3. The number of rotatable bonds is 6. The summed E-state index contributed by atoms with van der Waals surface area (Å²) < 4.78 is 6.50. The van der Waals surface area contributed by atoms with E-state index >= 15 is 0 Å². The van der Waals surface area contributed by atoms with Gasteiger partial charge in [0.15, 0.2) is 6.61 Å². The summed E-state index contributed by atoms with van der Waals surface area (Å²) in [6.45, 7) is 1.12. The van der Waals surface area contributed by atoms with Crippen LogP contribution >= 0.6 is 11.6 Å². The van der Waals surface area contributed by atoms with Crippen LogP contribution < -0.4 is 11.1 Å². The molecular weight excluding hydrogens is 396 g/mol. The zero-order chi connectivity index (χ0) is 21.0. The number of aryl methyl sites for hydroxylation is 1. The summed E-state index contributed by atoms with van der Waals surface area (Å²) in [4.78, 5) is 35.5. The number of para-hydroxylation sites is 1. The highest BCUT2D eigenvalue weighted by Gasteiger charge is 2.23. The number of hydrogen-bond donors (Lipinski definition) is 2. The summed E-state index contributed by atoms with van der Waals surface area (Å²) in [6.07, 6.45) is 0. The largest absolute Gasteiger partial charge is 0.452 e. The summed E-state index contributed by atoms with van der Waals surface area (Å²) in [5.74, 6) is -1.87. The van der Waals surface area contributed by atoms with Gasteiger partial charge in [-0.05, 0) is 43.3 Å². The summed E-state index contributed by atoms with van der Waals surface area (Å²) in [5.41, 5.74) is 7.07. The maximum atomic E-state index is 12.4. The number of nitrogens with one attached hydrogen (secondary N) is 1. The molecule has 3 rings (SSSR count). The first-order valence-electron chi connectivity index (χ1n) is 8.54. The van der Waals surface area contributed by atoms with Gasteiger partial charge in [0.2, 0.25) is 5.91 Å². The molecule has 29 heavy (non-hydrogen) atoms. The highest BCUT2D eigenvalue weighted by Crippen LogP contribution is 2.24. The van der Waals surface area contributed by atoms with Crippen LogP contribution in [0.15, 0.2) is 54.6 Å². The monoisotopic (exact) mass is 412 g/mol. The summed E-state index contributed by atoms with van der Waals surface area (Å²) in [5, 5.41) is 6.92. The average Bonchev–Trinajstić information content (AvgIpc) is 3.01. The van der Waals surface area contributed by atoms with Crippen LogP contribution in [0.2, 0.25) is 5.15 Å². The van der Waals surface area contributed by atoms with E-state index in [9.17, 15) is 14.4 Å². The summed E-state index contributed by atoms with van der Waals surface area (Å²) >= 11 is 6.31. The lowest BCUT2D eigenvalue weighted by atomic mass is 10.2. The number of hydrogen-bond acceptors (Lipinski definition) is 5. The normalized spacial score (nSPS) is 10.4. The highest BCUT2D eigenvalue weighted by molar-refractivity contribution is 6.33. The molecule has 0 bridgehead atoms. The van der Waals surface area contributed by atoms with E-state index in [4.69, 9.17) is 22.1 Å². The number of carbonyl (C=O) groups excluding carboxylic acids is 3. The maximum absolute atomic E-state index is 12.4. The fourth-order valence-corrected chi connectivity index (χ4v) is 2.94. The fourth-order valence-electron chi connectivity index (χ4n) is 2.59. The molecule has 0 unspecified atom stereocenters. The first-order valence-corrected chi connectivity index (χ1v) is 8.92. The molecule has 0 radical (unpaired) electrons. The van der Waals surface area contributed by atoms with Gasteiger partial charge in [0.25, 0.3) is 5.91 Å². The second-order valence-electron chi connectivity index (χ2n) is 6.06. The Hall–Kier alpha value is -3.65. The molecule has 9 heteroatoms. The lowest BCUT2D eigenvalue weighted by molar-refractivity contribution is -0.119. The number of nitrogens with zero attached hydrogens (tertiary/aromatic N) is 2. The van der Waals surface area contributed by atoms with Crippen molar-refractivity contribution in [3.8, 4) is 5.69 Å². The molecule has 1 aromatic heterocycles. The Morgan fingerprint density at radius 1 is 1.10 bits per heavy atom. The van der Waals surface area contributed by atoms with E-state index in [1.54, 1.807) is 19.1 Å². The van der Waals surface area contributed by atoms with E-state index in [1.165, 1.54) is 28.9 Å². The molecule has 2 aromatic carbocycles. The molecule has 0 atom stereocenters. The van der Waals surface area contributed by atoms with E-state index in [1.807, 2.05) is 18.2 Å². The molecular formula is C20H17ClN4O4. The number of halogens is 1. The first-order chi connectivity index (χ1) is 13.9. The zero-order valence-corrected chi connectivity index (χ0v) is 16.1. The van der Waals surface area contributed by atoms with Crippen LogP contribution in [0.5, 0.6) is 0 Å². The van der Waals surface area contributed by atoms with E-state index in [0.717, 1.165) is 0 Å². The van der Waals surface area contributed by atoms with Crippen LogP contribution in [0.25, 0.3) is 5.69 Å². The molecule has 0 spiro atoms. The van der Waals surface area contributed by atoms with Crippen molar-refractivity contribution in [1.29, 1.82) is 0 Å². The van der Waals surface area contributed by atoms with Crippen LogP contribution in [0.4, 0.5) is 5.69 Å². The topological polar surface area (TPSA) is 116 Å². The molecule has 0 aliphatic rings. The van der Waals surface area contributed by atoms with Gasteiger partial charge >= 0.3 is 5.97 Å². The third-order valence-corrected chi connectivity index (χ3v) is 4.35. The average molecular weight is 413 g/mol. The van der Waals surface area contributed by atoms with Crippen molar-refractivity contribution in [2.45, 2.75) is 6.92 Å². The van der Waals surface area contributed by atoms with Gasteiger partial charge in [0.1, 0.15) is 10.7 Å². The number of aromatic nitrogens is 2. The number of amides is 2. The Bertz CT molecular complexity index is 1060. The number of anilines is 1. The smallest absolute Gasteiger partial charge is 0.343 e. The molecule has 0 saturated heterocycles. The Morgan fingerprint density at radius 2 is 1.76 bits per heavy atom. The third-order valence-electron chi connectivity index (χ3n) is 4.00. The van der Waals surface area contributed by atoms with Gasteiger partial charge in [0.05, 0.1) is 11.4 Å². The van der Waals surface area contributed by atoms with Gasteiger partial charge in [0, 0.05) is 11.3 Å². The third kappa shape index (κ3) is 4.61. The highest BCUT2D eigenvalue weighted by atomic mass is 35.5. The van der Waals surface area contributed by atoms with Crippen LogP contribution in [0, 0.1) is 6.92 Å². The Morgan fingerprint density at radius 3 is 2.38 bits per heavy atom. The van der Waals surface area contributed by atoms with E-state index < -0.39 is 24.4 Å². The van der Waals surface area contributed by atoms with Crippen LogP contribution in [-0.2, 0) is 9.53 Å². The fraction of sp³-hybridized carbons (Fsp3) is 0.100. The molecule has 8 nitrogen and oxygen atoms in total. The second-order valence-corrected chi connectivity index (χ2v) is 6.42. The predicted molar refractivity (Wildman–Crippen MR) is 107 cm³/mol. The zero-order valence-electron chi connectivity index (χ0n) is 15.4. The summed E-state index contributed by atoms with van der Waals surface area (Å²) in [7, 11) is 0. The predicted octanol–water partition coefficient (Wildman–Crippen LogP) is 2.73. The minimum atomic E-state index is -0.756. The number of ether oxygens (including phenoxy) is 1. The van der Waals surface area contributed by atoms with Gasteiger partial charge < -0.3 is 15.8 Å². The van der Waals surface area contributed by atoms with Gasteiger partial charge in [-0.3, -0.25) is 9.59 Å². The number of esters is 1. The quantitative estimate of drug-likeness (QED) is 0.604. The lowest BCUT2D eigenvalue weighted by Crippen LogP contribution is -2.21. The van der Waals surface area contributed by atoms with Crippen molar-refractivity contribution < 1.29 is 19.1 Å². The van der Waals surface area contributed by atoms with Crippen LogP contribution in [0.3, 0.4) is 0 Å². The first kappa shape index (κ1) is 20.1. The van der Waals surface area contributed by atoms with E-state index in [-0.39, 0.29) is 10.7 Å². The van der Waals surface area contributed by atoms with Crippen LogP contribution in [0.1, 0.15) is 26.4 Å². The van der Waals surface area contributed by atoms with E-state index in [2.05, 4.69) is 10.4 Å². The molecule has 3 aromatic rings. The molecule has 0 saturated carbocycles. The maximum Gasteiger partial charge on any atom is 0.343 e. The van der Waals surface area contributed by atoms with Crippen molar-refractivity contribution in [2.24, 2.45) is 5.73 Å². The van der Waals surface area contributed by atoms with E-state index in [0.29, 0.717) is 22.6 Å². The molecule has 0 aliphatic heterocycles.